The highest BCUT2D eigenvalue weighted by molar-refractivity contribution is 5.75. The quantitative estimate of drug-likeness (QED) is 0.369. The molecule has 1 saturated heterocycles. The second-order valence-electron chi connectivity index (χ2n) is 6.65. The first-order chi connectivity index (χ1) is 12.7. The Balaban J connectivity index is 2.14. The fraction of sp³-hybridized carbons (Fsp3) is 0.600. The van der Waals surface area contributed by atoms with Crippen LogP contribution in [0, 0.1) is 0 Å². The number of anilines is 1. The molecule has 27 heavy (non-hydrogen) atoms. The van der Waals surface area contributed by atoms with Crippen LogP contribution < -0.4 is 11.3 Å². The van der Waals surface area contributed by atoms with Gasteiger partial charge in [0.2, 0.25) is 11.9 Å². The number of hydrogen-bond donors (Lipinski definition) is 5. The van der Waals surface area contributed by atoms with Crippen molar-refractivity contribution >= 4 is 23.0 Å². The predicted octanol–water partition coefficient (Wildman–Crippen LogP) is -2.66. The number of carbonyl (C=O) groups excluding carboxylic acids is 1. The van der Waals surface area contributed by atoms with Gasteiger partial charge in [-0.05, 0) is 0 Å². The van der Waals surface area contributed by atoms with E-state index < -0.39 is 36.2 Å². The third-order valence-electron chi connectivity index (χ3n) is 4.73. The number of amides is 1. The molecular formula is C15H22N6O6. The van der Waals surface area contributed by atoms with E-state index in [1.165, 1.54) is 15.8 Å². The van der Waals surface area contributed by atoms with Gasteiger partial charge in [0.1, 0.15) is 18.3 Å². The Bertz CT molecular complexity index is 910. The molecule has 1 amide bonds. The van der Waals surface area contributed by atoms with Gasteiger partial charge in [-0.1, -0.05) is 0 Å². The molecule has 3 heterocycles. The van der Waals surface area contributed by atoms with Gasteiger partial charge >= 0.3 is 0 Å². The van der Waals surface area contributed by atoms with E-state index in [-0.39, 0.29) is 35.9 Å². The molecule has 1 aliphatic heterocycles. The van der Waals surface area contributed by atoms with Crippen molar-refractivity contribution in [3.8, 4) is 0 Å². The number of nitrogens with zero attached hydrogens (tertiary/aromatic N) is 4. The zero-order chi connectivity index (χ0) is 19.9. The van der Waals surface area contributed by atoms with Crippen LogP contribution in [0.25, 0.3) is 11.2 Å². The number of aliphatic hydroxyl groups is 3. The van der Waals surface area contributed by atoms with E-state index >= 15 is 0 Å². The van der Waals surface area contributed by atoms with Crippen LogP contribution in [0.2, 0.25) is 0 Å². The molecule has 0 spiro atoms. The number of rotatable bonds is 5. The molecule has 2 aromatic heterocycles. The van der Waals surface area contributed by atoms with Crippen molar-refractivity contribution in [2.75, 3.05) is 26.4 Å². The molecule has 0 saturated carbocycles. The molecule has 1 fully saturated rings. The highest BCUT2D eigenvalue weighted by atomic mass is 16.6. The summed E-state index contributed by atoms with van der Waals surface area (Å²) in [4.78, 5) is 35.9. The molecule has 0 bridgehead atoms. The van der Waals surface area contributed by atoms with Crippen LogP contribution in [0.3, 0.4) is 0 Å². The van der Waals surface area contributed by atoms with E-state index in [1.807, 2.05) is 0 Å². The summed E-state index contributed by atoms with van der Waals surface area (Å²) in [6, 6.07) is 0. The van der Waals surface area contributed by atoms with E-state index in [2.05, 4.69) is 15.0 Å². The van der Waals surface area contributed by atoms with Crippen LogP contribution in [0.5, 0.6) is 0 Å². The van der Waals surface area contributed by atoms with Gasteiger partial charge in [0.25, 0.3) is 5.56 Å². The first-order valence-corrected chi connectivity index (χ1v) is 8.29. The Morgan fingerprint density at radius 2 is 2.19 bits per heavy atom. The third kappa shape index (κ3) is 3.06. The molecule has 2 aromatic rings. The summed E-state index contributed by atoms with van der Waals surface area (Å²) in [7, 11) is 3.17. The van der Waals surface area contributed by atoms with Gasteiger partial charge < -0.3 is 30.7 Å². The monoisotopic (exact) mass is 382 g/mol. The van der Waals surface area contributed by atoms with Crippen LogP contribution in [-0.2, 0) is 15.3 Å². The van der Waals surface area contributed by atoms with Gasteiger partial charge in [0, 0.05) is 26.9 Å². The lowest BCUT2D eigenvalue weighted by Crippen LogP contribution is -2.46. The summed E-state index contributed by atoms with van der Waals surface area (Å²) in [5.41, 5.74) is 3.35. The Labute approximate surface area is 153 Å². The van der Waals surface area contributed by atoms with Crippen LogP contribution in [0.15, 0.2) is 11.1 Å². The van der Waals surface area contributed by atoms with Gasteiger partial charge in [-0.3, -0.25) is 19.1 Å². The number of fused-ring (bicyclic) bond motifs is 1. The molecule has 12 nitrogen and oxygen atoms in total. The number of H-pyrrole nitrogens is 1. The Kier molecular flexibility index (Phi) is 4.90. The molecule has 6 N–H and O–H groups in total. The number of nitrogens with two attached hydrogens (primary N) is 1. The molecule has 0 aromatic carbocycles. The van der Waals surface area contributed by atoms with Gasteiger partial charge in [-0.15, -0.1) is 0 Å². The first-order valence-electron chi connectivity index (χ1n) is 8.29. The first kappa shape index (κ1) is 19.2. The maximum Gasteiger partial charge on any atom is 0.280 e. The third-order valence-corrected chi connectivity index (χ3v) is 4.73. The molecule has 0 aliphatic carbocycles. The summed E-state index contributed by atoms with van der Waals surface area (Å²) < 4.78 is 7.07. The SMILES string of the molecule is CN(C)C(=O)CC[C@@]1(n2cnc3c(=O)[nH]c(N)nc32)O[C@H](CO)[C@@H](O)[C@H]1O. The van der Waals surface area contributed by atoms with Crippen molar-refractivity contribution in [3.05, 3.63) is 16.7 Å². The lowest BCUT2D eigenvalue weighted by molar-refractivity contribution is -0.156. The topological polar surface area (TPSA) is 180 Å². The summed E-state index contributed by atoms with van der Waals surface area (Å²) in [5, 5.41) is 30.5. The minimum atomic E-state index is -1.67. The van der Waals surface area contributed by atoms with Gasteiger partial charge in [0.15, 0.2) is 16.9 Å². The normalized spacial score (nSPS) is 28.0. The van der Waals surface area contributed by atoms with Crippen molar-refractivity contribution in [1.82, 2.24) is 24.4 Å². The smallest absolute Gasteiger partial charge is 0.280 e. The van der Waals surface area contributed by atoms with Crippen LogP contribution in [-0.4, -0.2) is 84.7 Å². The highest BCUT2D eigenvalue weighted by Crippen LogP contribution is 2.40. The van der Waals surface area contributed by atoms with E-state index in [4.69, 9.17) is 10.5 Å². The summed E-state index contributed by atoms with van der Waals surface area (Å²) in [6.07, 6.45) is -2.88. The fourth-order valence-corrected chi connectivity index (χ4v) is 3.26. The minimum absolute atomic E-state index is 0.0263. The van der Waals surface area contributed by atoms with Crippen molar-refractivity contribution in [1.29, 1.82) is 0 Å². The predicted molar refractivity (Wildman–Crippen MR) is 92.4 cm³/mol. The van der Waals surface area contributed by atoms with Gasteiger partial charge in [-0.2, -0.15) is 4.98 Å². The molecule has 1 aliphatic rings. The number of ether oxygens (including phenoxy) is 1. The van der Waals surface area contributed by atoms with Gasteiger partial charge in [-0.25, -0.2) is 4.98 Å². The Morgan fingerprint density at radius 1 is 1.48 bits per heavy atom. The molecular weight excluding hydrogens is 360 g/mol. The van der Waals surface area contributed by atoms with Crippen molar-refractivity contribution < 1.29 is 24.9 Å². The molecule has 148 valence electrons. The molecule has 0 unspecified atom stereocenters. The van der Waals surface area contributed by atoms with E-state index in [0.29, 0.717) is 0 Å². The molecule has 4 atom stereocenters. The average molecular weight is 382 g/mol. The summed E-state index contributed by atoms with van der Waals surface area (Å²) in [6.45, 7) is -0.551. The summed E-state index contributed by atoms with van der Waals surface area (Å²) >= 11 is 0. The molecule has 0 radical (unpaired) electrons. The van der Waals surface area contributed by atoms with Gasteiger partial charge in [0.05, 0.1) is 12.9 Å². The standard InChI is InChI=1S/C15H22N6O6/c1-20(2)8(23)3-4-15(11(25)10(24)7(5-22)27-15)21-6-17-9-12(21)18-14(16)19-13(9)26/h6-7,10-11,22,24-25H,3-5H2,1-2H3,(H3,16,18,19,26)/t7-,10-,11-,15-/m1/s1. The van der Waals surface area contributed by atoms with E-state index in [0.717, 1.165) is 0 Å². The maximum absolute atomic E-state index is 12.1. The van der Waals surface area contributed by atoms with Crippen LogP contribution in [0.4, 0.5) is 5.95 Å². The van der Waals surface area contributed by atoms with Crippen molar-refractivity contribution in [2.24, 2.45) is 0 Å². The van der Waals surface area contributed by atoms with E-state index in [1.54, 1.807) is 14.1 Å². The fourth-order valence-electron chi connectivity index (χ4n) is 3.26. The number of aromatic nitrogens is 4. The maximum atomic E-state index is 12.1. The lowest BCUT2D eigenvalue weighted by Gasteiger charge is -2.34. The molecule has 12 heteroatoms. The average Bonchev–Trinajstić information content (AvgIpc) is 3.14. The summed E-state index contributed by atoms with van der Waals surface area (Å²) in [5.74, 6) is -0.401. The minimum Gasteiger partial charge on any atom is -0.394 e. The number of nitrogen functional groups attached to an aromatic ring is 1. The Morgan fingerprint density at radius 3 is 2.78 bits per heavy atom. The Hall–Kier alpha value is -2.54. The zero-order valence-electron chi connectivity index (χ0n) is 14.9. The van der Waals surface area contributed by atoms with Crippen LogP contribution in [0.1, 0.15) is 12.8 Å². The lowest BCUT2D eigenvalue weighted by atomic mass is 9.97. The largest absolute Gasteiger partial charge is 0.394 e. The second-order valence-corrected chi connectivity index (χ2v) is 6.65. The van der Waals surface area contributed by atoms with Crippen molar-refractivity contribution in [3.63, 3.8) is 0 Å². The van der Waals surface area contributed by atoms with E-state index in [9.17, 15) is 24.9 Å². The van der Waals surface area contributed by atoms with Crippen molar-refractivity contribution in [2.45, 2.75) is 36.9 Å². The number of hydrogen-bond acceptors (Lipinski definition) is 9. The second kappa shape index (κ2) is 6.88. The number of imidazole rings is 1. The number of aliphatic hydroxyl groups excluding tert-OH is 3. The van der Waals surface area contributed by atoms with Crippen LogP contribution >= 0.6 is 0 Å². The molecule has 3 rings (SSSR count). The number of nitrogens with one attached hydrogen (secondary N) is 1. The number of carbonyl (C=O) groups is 1. The number of aromatic amines is 1. The highest BCUT2D eigenvalue weighted by Gasteiger charge is 2.55. The zero-order valence-corrected chi connectivity index (χ0v) is 14.9.